The number of halogens is 4. The largest absolute Gasteiger partial charge is 0.434 e. The van der Waals surface area contributed by atoms with E-state index in [4.69, 9.17) is 16.3 Å². The maximum Gasteiger partial charge on any atom is 0.434 e. The van der Waals surface area contributed by atoms with E-state index in [1.54, 1.807) is 6.07 Å². The number of benzene rings is 2. The van der Waals surface area contributed by atoms with Gasteiger partial charge in [-0.3, -0.25) is 4.79 Å². The van der Waals surface area contributed by atoms with Crippen molar-refractivity contribution < 1.29 is 22.7 Å². The summed E-state index contributed by atoms with van der Waals surface area (Å²) in [6, 6.07) is 15.1. The normalized spacial score (nSPS) is 17.2. The number of carbonyl (C=O) groups excluding carboxylic acids is 1. The van der Waals surface area contributed by atoms with Crippen LogP contribution in [0.4, 0.5) is 13.2 Å². The minimum absolute atomic E-state index is 0.123. The summed E-state index contributed by atoms with van der Waals surface area (Å²) in [5, 5.41) is 4.11. The second-order valence-corrected chi connectivity index (χ2v) is 7.25. The van der Waals surface area contributed by atoms with E-state index in [9.17, 15) is 18.0 Å². The molecule has 3 aromatic rings. The van der Waals surface area contributed by atoms with Gasteiger partial charge < -0.3 is 9.64 Å². The van der Waals surface area contributed by atoms with E-state index in [2.05, 4.69) is 5.10 Å². The molecule has 0 spiro atoms. The average molecular weight is 436 g/mol. The van der Waals surface area contributed by atoms with Crippen molar-refractivity contribution in [1.29, 1.82) is 0 Å². The highest BCUT2D eigenvalue weighted by Gasteiger charge is 2.42. The van der Waals surface area contributed by atoms with Crippen LogP contribution in [0.2, 0.25) is 5.02 Å². The lowest BCUT2D eigenvalue weighted by atomic mass is 10.1. The molecule has 0 N–H and O–H groups in total. The van der Waals surface area contributed by atoms with Gasteiger partial charge in [-0.05, 0) is 23.8 Å². The molecule has 1 aliphatic rings. The Morgan fingerprint density at radius 2 is 1.90 bits per heavy atom. The summed E-state index contributed by atoms with van der Waals surface area (Å²) in [7, 11) is 0. The van der Waals surface area contributed by atoms with Crippen molar-refractivity contribution >= 4 is 17.5 Å². The van der Waals surface area contributed by atoms with E-state index in [0.29, 0.717) is 4.68 Å². The summed E-state index contributed by atoms with van der Waals surface area (Å²) in [6.07, 6.45) is -4.23. The number of rotatable bonds is 3. The number of nitrogens with zero attached hydrogens (tertiary/aromatic N) is 3. The fourth-order valence-electron chi connectivity index (χ4n) is 3.45. The van der Waals surface area contributed by atoms with Crippen LogP contribution in [0.3, 0.4) is 0 Å². The van der Waals surface area contributed by atoms with Crippen LogP contribution in [0, 0.1) is 0 Å². The summed E-state index contributed by atoms with van der Waals surface area (Å²) in [6.45, 7) is 0.583. The van der Waals surface area contributed by atoms with Gasteiger partial charge in [-0.2, -0.15) is 18.3 Å². The van der Waals surface area contributed by atoms with Gasteiger partial charge in [0.25, 0.3) is 5.91 Å². The number of morpholine rings is 1. The van der Waals surface area contributed by atoms with E-state index in [-0.39, 0.29) is 30.4 Å². The van der Waals surface area contributed by atoms with E-state index in [0.717, 1.165) is 11.8 Å². The first-order valence-corrected chi connectivity index (χ1v) is 9.59. The molecule has 1 amide bonds. The highest BCUT2D eigenvalue weighted by atomic mass is 35.5. The van der Waals surface area contributed by atoms with Gasteiger partial charge in [0.1, 0.15) is 6.10 Å². The number of alkyl halides is 3. The van der Waals surface area contributed by atoms with Gasteiger partial charge >= 0.3 is 6.18 Å². The van der Waals surface area contributed by atoms with Gasteiger partial charge in [0, 0.05) is 11.6 Å². The standard InChI is InChI=1S/C21H17ClF3N3O2/c22-15-7-4-8-16(11-15)28-19(21(23,24)25)17(12-26-28)20(29)27-9-10-30-18(13-27)14-5-2-1-3-6-14/h1-8,11-12,18H,9-10,13H2/t18-/m1/s1. The number of amides is 1. The van der Waals surface area contributed by atoms with E-state index in [1.165, 1.54) is 23.1 Å². The first-order valence-electron chi connectivity index (χ1n) is 9.21. The van der Waals surface area contributed by atoms with Gasteiger partial charge in [0.2, 0.25) is 0 Å². The monoisotopic (exact) mass is 435 g/mol. The molecule has 30 heavy (non-hydrogen) atoms. The first-order chi connectivity index (χ1) is 14.3. The van der Waals surface area contributed by atoms with Crippen LogP contribution in [0.1, 0.15) is 27.7 Å². The van der Waals surface area contributed by atoms with Crippen molar-refractivity contribution in [3.63, 3.8) is 0 Å². The third kappa shape index (κ3) is 4.06. The van der Waals surface area contributed by atoms with Crippen LogP contribution in [0.25, 0.3) is 5.69 Å². The highest BCUT2D eigenvalue weighted by Crippen LogP contribution is 2.35. The van der Waals surface area contributed by atoms with Crippen LogP contribution < -0.4 is 0 Å². The lowest BCUT2D eigenvalue weighted by molar-refractivity contribution is -0.143. The molecule has 0 unspecified atom stereocenters. The van der Waals surface area contributed by atoms with E-state index in [1.807, 2.05) is 30.3 Å². The molecule has 0 saturated carbocycles. The number of hydrogen-bond acceptors (Lipinski definition) is 3. The summed E-state index contributed by atoms with van der Waals surface area (Å²) in [5.74, 6) is -0.736. The Labute approximate surface area is 175 Å². The Balaban J connectivity index is 1.67. The molecule has 9 heteroatoms. The number of ether oxygens (including phenoxy) is 1. The zero-order valence-corrected chi connectivity index (χ0v) is 16.4. The fourth-order valence-corrected chi connectivity index (χ4v) is 3.64. The Morgan fingerprint density at radius 1 is 1.13 bits per heavy atom. The third-order valence-electron chi connectivity index (χ3n) is 4.85. The molecular formula is C21H17ClF3N3O2. The maximum atomic E-state index is 13.9. The summed E-state index contributed by atoms with van der Waals surface area (Å²) >= 11 is 5.92. The topological polar surface area (TPSA) is 47.4 Å². The average Bonchev–Trinajstić information content (AvgIpc) is 3.20. The SMILES string of the molecule is O=C(c1cnn(-c2cccc(Cl)c2)c1C(F)(F)F)N1CCO[C@@H](c2ccccc2)C1. The van der Waals surface area contributed by atoms with Crippen LogP contribution in [0.15, 0.2) is 60.8 Å². The summed E-state index contributed by atoms with van der Waals surface area (Å²) in [5.41, 5.74) is -0.646. The predicted molar refractivity (Wildman–Crippen MR) is 105 cm³/mol. The molecule has 0 bridgehead atoms. The second kappa shape index (κ2) is 8.12. The summed E-state index contributed by atoms with van der Waals surface area (Å²) in [4.78, 5) is 14.4. The van der Waals surface area contributed by atoms with Gasteiger partial charge in [0.15, 0.2) is 5.69 Å². The van der Waals surface area contributed by atoms with Gasteiger partial charge in [-0.1, -0.05) is 48.0 Å². The lowest BCUT2D eigenvalue weighted by Crippen LogP contribution is -2.42. The molecule has 1 aliphatic heterocycles. The predicted octanol–water partition coefficient (Wildman–Crippen LogP) is 4.76. The second-order valence-electron chi connectivity index (χ2n) is 6.82. The first kappa shape index (κ1) is 20.4. The molecule has 2 heterocycles. The molecular weight excluding hydrogens is 419 g/mol. The molecule has 1 fully saturated rings. The minimum atomic E-state index is -4.78. The minimum Gasteiger partial charge on any atom is -0.370 e. The molecule has 1 saturated heterocycles. The maximum absolute atomic E-state index is 13.9. The molecule has 156 valence electrons. The number of hydrogen-bond donors (Lipinski definition) is 0. The number of carbonyl (C=O) groups is 1. The fraction of sp³-hybridized carbons (Fsp3) is 0.238. The molecule has 0 radical (unpaired) electrons. The van der Waals surface area contributed by atoms with Crippen LogP contribution in [0.5, 0.6) is 0 Å². The zero-order valence-electron chi connectivity index (χ0n) is 15.6. The molecule has 1 atom stereocenters. The lowest BCUT2D eigenvalue weighted by Gasteiger charge is -2.33. The molecule has 5 nitrogen and oxygen atoms in total. The third-order valence-corrected chi connectivity index (χ3v) is 5.08. The quantitative estimate of drug-likeness (QED) is 0.596. The molecule has 4 rings (SSSR count). The van der Waals surface area contributed by atoms with Gasteiger partial charge in [-0.15, -0.1) is 0 Å². The van der Waals surface area contributed by atoms with Crippen LogP contribution >= 0.6 is 11.6 Å². The van der Waals surface area contributed by atoms with Gasteiger partial charge in [0.05, 0.1) is 30.6 Å². The van der Waals surface area contributed by atoms with Crippen molar-refractivity contribution in [2.45, 2.75) is 12.3 Å². The Morgan fingerprint density at radius 3 is 2.60 bits per heavy atom. The van der Waals surface area contributed by atoms with Crippen molar-refractivity contribution in [2.24, 2.45) is 0 Å². The van der Waals surface area contributed by atoms with Gasteiger partial charge in [-0.25, -0.2) is 4.68 Å². The molecule has 1 aromatic heterocycles. The Hall–Kier alpha value is -2.84. The van der Waals surface area contributed by atoms with Crippen molar-refractivity contribution in [3.05, 3.63) is 82.6 Å². The molecule has 0 aliphatic carbocycles. The van der Waals surface area contributed by atoms with Crippen LogP contribution in [-0.4, -0.2) is 40.3 Å². The highest BCUT2D eigenvalue weighted by molar-refractivity contribution is 6.30. The van der Waals surface area contributed by atoms with Crippen LogP contribution in [-0.2, 0) is 10.9 Å². The zero-order chi connectivity index (χ0) is 21.3. The van der Waals surface area contributed by atoms with E-state index < -0.39 is 29.4 Å². The smallest absolute Gasteiger partial charge is 0.370 e. The van der Waals surface area contributed by atoms with Crippen molar-refractivity contribution in [1.82, 2.24) is 14.7 Å². The summed E-state index contributed by atoms with van der Waals surface area (Å²) < 4.78 is 48.1. The van der Waals surface area contributed by atoms with Crippen molar-refractivity contribution in [3.8, 4) is 5.69 Å². The number of aromatic nitrogens is 2. The van der Waals surface area contributed by atoms with E-state index >= 15 is 0 Å². The Bertz CT molecular complexity index is 1050. The molecule has 2 aromatic carbocycles. The van der Waals surface area contributed by atoms with Crippen molar-refractivity contribution in [2.75, 3.05) is 19.7 Å². The Kier molecular flexibility index (Phi) is 5.53.